The Hall–Kier alpha value is -2.48. The summed E-state index contributed by atoms with van der Waals surface area (Å²) in [6, 6.07) is 18.6. The number of hydrogen-bond donors (Lipinski definition) is 0. The maximum absolute atomic E-state index is 5.86. The Balaban J connectivity index is 1.14. The highest BCUT2D eigenvalue weighted by Gasteiger charge is 2.70. The molecular formula is C38H46O2. The molecule has 0 aliphatic heterocycles. The van der Waals surface area contributed by atoms with E-state index >= 15 is 0 Å². The molecule has 8 fully saturated rings. The third kappa shape index (κ3) is 3.73. The van der Waals surface area contributed by atoms with Crippen molar-refractivity contribution >= 4 is 0 Å². The Morgan fingerprint density at radius 2 is 0.900 bits per heavy atom. The van der Waals surface area contributed by atoms with Crippen LogP contribution >= 0.6 is 0 Å². The minimum Gasteiger partial charge on any atom is -0.490 e. The maximum atomic E-state index is 5.86. The van der Waals surface area contributed by atoms with E-state index in [4.69, 9.17) is 9.47 Å². The van der Waals surface area contributed by atoms with E-state index in [9.17, 15) is 0 Å². The summed E-state index contributed by atoms with van der Waals surface area (Å²) in [6.45, 7) is 8.78. The topological polar surface area (TPSA) is 18.5 Å². The Labute approximate surface area is 241 Å². The Morgan fingerprint density at radius 1 is 0.550 bits per heavy atom. The molecule has 8 bridgehead atoms. The number of rotatable bonds is 9. The molecule has 0 saturated heterocycles. The van der Waals surface area contributed by atoms with E-state index in [0.717, 1.165) is 35.2 Å². The van der Waals surface area contributed by atoms with E-state index in [2.05, 4.69) is 61.7 Å². The fourth-order valence-electron chi connectivity index (χ4n) is 12.6. The lowest BCUT2D eigenvalue weighted by Crippen LogP contribution is -2.66. The average Bonchev–Trinajstić information content (AvgIpc) is 2.94. The fraction of sp³-hybridized carbons (Fsp3) is 0.579. The molecule has 2 nitrogen and oxygen atoms in total. The smallest absolute Gasteiger partial charge is 0.119 e. The summed E-state index contributed by atoms with van der Waals surface area (Å²) in [5, 5.41) is 0. The summed E-state index contributed by atoms with van der Waals surface area (Å²) in [7, 11) is 0. The van der Waals surface area contributed by atoms with E-state index in [-0.39, 0.29) is 0 Å². The van der Waals surface area contributed by atoms with E-state index in [1.807, 2.05) is 12.2 Å². The molecule has 10 rings (SSSR count). The van der Waals surface area contributed by atoms with Crippen molar-refractivity contribution in [3.8, 4) is 11.5 Å². The van der Waals surface area contributed by atoms with Gasteiger partial charge in [0.1, 0.15) is 24.7 Å². The van der Waals surface area contributed by atoms with Crippen LogP contribution in [-0.4, -0.2) is 13.2 Å². The maximum Gasteiger partial charge on any atom is 0.119 e. The molecule has 2 aromatic carbocycles. The highest BCUT2D eigenvalue weighted by Crippen LogP contribution is 2.78. The third-order valence-corrected chi connectivity index (χ3v) is 12.9. The molecule has 210 valence electrons. The van der Waals surface area contributed by atoms with Crippen LogP contribution in [0.4, 0.5) is 0 Å². The molecule has 8 aliphatic carbocycles. The second-order valence-corrected chi connectivity index (χ2v) is 15.3. The normalized spacial score (nSPS) is 42.1. The van der Waals surface area contributed by atoms with Gasteiger partial charge in [-0.3, -0.25) is 0 Å². The zero-order valence-corrected chi connectivity index (χ0v) is 24.2. The zero-order valence-electron chi connectivity index (χ0n) is 24.2. The molecule has 0 spiro atoms. The average molecular weight is 535 g/mol. The number of ether oxygens (including phenoxy) is 2. The summed E-state index contributed by atoms with van der Waals surface area (Å²) in [6.07, 6.45) is 21.2. The lowest BCUT2D eigenvalue weighted by molar-refractivity contribution is -0.212. The van der Waals surface area contributed by atoms with E-state index in [1.54, 1.807) is 11.1 Å². The van der Waals surface area contributed by atoms with Crippen molar-refractivity contribution in [2.24, 2.45) is 34.5 Å². The highest BCUT2D eigenvalue weighted by atomic mass is 16.5. The van der Waals surface area contributed by atoms with Crippen LogP contribution in [0.25, 0.3) is 0 Å². The van der Waals surface area contributed by atoms with Crippen LogP contribution < -0.4 is 9.47 Å². The first-order valence-corrected chi connectivity index (χ1v) is 16.2. The Kier molecular flexibility index (Phi) is 5.69. The molecular weight excluding hydrogens is 488 g/mol. The van der Waals surface area contributed by atoms with Crippen LogP contribution in [0.1, 0.15) is 88.2 Å². The second kappa shape index (κ2) is 9.01. The SMILES string of the molecule is C=CCOc1ccc(C23CC4CC(C2)CC(C25CC6CC(CC(c7ccc(OCC=C)cc7)(C6)C2)C5)(C4)C3)cc1. The van der Waals surface area contributed by atoms with Gasteiger partial charge in [0.05, 0.1) is 0 Å². The fourth-order valence-corrected chi connectivity index (χ4v) is 12.6. The lowest BCUT2D eigenvalue weighted by atomic mass is 9.30. The summed E-state index contributed by atoms with van der Waals surface area (Å²) in [5.74, 6) is 5.64. The molecule has 8 aliphatic rings. The van der Waals surface area contributed by atoms with Gasteiger partial charge in [0.15, 0.2) is 0 Å². The van der Waals surface area contributed by atoms with Crippen molar-refractivity contribution in [3.63, 3.8) is 0 Å². The van der Waals surface area contributed by atoms with Crippen LogP contribution in [0.2, 0.25) is 0 Å². The van der Waals surface area contributed by atoms with Crippen LogP contribution in [0.15, 0.2) is 73.8 Å². The van der Waals surface area contributed by atoms with Crippen molar-refractivity contribution in [3.05, 3.63) is 85.0 Å². The molecule has 0 radical (unpaired) electrons. The molecule has 2 aromatic rings. The van der Waals surface area contributed by atoms with Gasteiger partial charge in [0, 0.05) is 0 Å². The molecule has 2 heteroatoms. The molecule has 4 unspecified atom stereocenters. The van der Waals surface area contributed by atoms with Crippen molar-refractivity contribution in [2.45, 2.75) is 87.9 Å². The quantitative estimate of drug-likeness (QED) is 0.299. The van der Waals surface area contributed by atoms with Crippen molar-refractivity contribution < 1.29 is 9.47 Å². The zero-order chi connectivity index (χ0) is 27.0. The number of hydrogen-bond acceptors (Lipinski definition) is 2. The van der Waals surface area contributed by atoms with Gasteiger partial charge in [-0.2, -0.15) is 0 Å². The van der Waals surface area contributed by atoms with Gasteiger partial charge in [-0.25, -0.2) is 0 Å². The van der Waals surface area contributed by atoms with Gasteiger partial charge in [0.2, 0.25) is 0 Å². The Bertz CT molecular complexity index is 1160. The van der Waals surface area contributed by atoms with Crippen LogP contribution in [0.3, 0.4) is 0 Å². The predicted molar refractivity (Wildman–Crippen MR) is 162 cm³/mol. The van der Waals surface area contributed by atoms with E-state index in [1.165, 1.54) is 77.0 Å². The number of benzene rings is 2. The lowest BCUT2D eigenvalue weighted by Gasteiger charge is -2.74. The highest BCUT2D eigenvalue weighted by molar-refractivity contribution is 5.39. The van der Waals surface area contributed by atoms with Crippen molar-refractivity contribution in [2.75, 3.05) is 13.2 Å². The third-order valence-electron chi connectivity index (χ3n) is 12.9. The second-order valence-electron chi connectivity index (χ2n) is 15.3. The molecule has 0 N–H and O–H groups in total. The standard InChI is InChI=1S/C38H46O2/c1-3-13-39-33-9-5-31(6-10-33)35-17-27-15-28(18-35)22-37(21-27,25-35)38-23-29-16-30(24-38)20-36(19-29,26-38)32-7-11-34(12-8-32)40-14-4-2/h3-12,27-30H,1-2,13-26H2. The molecule has 40 heavy (non-hydrogen) atoms. The van der Waals surface area contributed by atoms with Crippen LogP contribution in [-0.2, 0) is 10.8 Å². The molecule has 4 atom stereocenters. The minimum absolute atomic E-state index is 0.377. The first kappa shape index (κ1) is 25.2. The van der Waals surface area contributed by atoms with Gasteiger partial charge >= 0.3 is 0 Å². The molecule has 8 saturated carbocycles. The van der Waals surface area contributed by atoms with Crippen LogP contribution in [0.5, 0.6) is 11.5 Å². The summed E-state index contributed by atoms with van der Waals surface area (Å²) in [5.41, 5.74) is 5.03. The van der Waals surface area contributed by atoms with E-state index in [0.29, 0.717) is 34.9 Å². The predicted octanol–water partition coefficient (Wildman–Crippen LogP) is 9.19. The molecule has 0 amide bonds. The first-order valence-electron chi connectivity index (χ1n) is 16.2. The monoisotopic (exact) mass is 534 g/mol. The van der Waals surface area contributed by atoms with Crippen LogP contribution in [0, 0.1) is 34.5 Å². The summed E-state index contributed by atoms with van der Waals surface area (Å²) >= 11 is 0. The van der Waals surface area contributed by atoms with Crippen molar-refractivity contribution in [1.82, 2.24) is 0 Å². The van der Waals surface area contributed by atoms with Gasteiger partial charge in [-0.05, 0) is 158 Å². The van der Waals surface area contributed by atoms with Gasteiger partial charge < -0.3 is 9.47 Å². The van der Waals surface area contributed by atoms with Crippen molar-refractivity contribution in [1.29, 1.82) is 0 Å². The summed E-state index contributed by atoms with van der Waals surface area (Å²) < 4.78 is 11.7. The Morgan fingerprint density at radius 3 is 1.23 bits per heavy atom. The molecule has 0 aromatic heterocycles. The molecule has 0 heterocycles. The largest absolute Gasteiger partial charge is 0.490 e. The van der Waals surface area contributed by atoms with Gasteiger partial charge in [0.25, 0.3) is 0 Å². The minimum atomic E-state index is 0.377. The summed E-state index contributed by atoms with van der Waals surface area (Å²) in [4.78, 5) is 0. The first-order chi connectivity index (χ1) is 19.5. The van der Waals surface area contributed by atoms with E-state index < -0.39 is 0 Å². The van der Waals surface area contributed by atoms with Gasteiger partial charge in [-0.15, -0.1) is 0 Å². The van der Waals surface area contributed by atoms with Gasteiger partial charge in [-0.1, -0.05) is 49.6 Å².